The molecular formula is C24H24N2O3S. The van der Waals surface area contributed by atoms with E-state index in [0.717, 1.165) is 16.8 Å². The monoisotopic (exact) mass is 420 g/mol. The number of anilines is 1. The number of esters is 1. The third-order valence-electron chi connectivity index (χ3n) is 5.16. The van der Waals surface area contributed by atoms with Crippen LogP contribution in [0, 0.1) is 6.92 Å². The van der Waals surface area contributed by atoms with Crippen LogP contribution in [-0.2, 0) is 14.3 Å². The van der Waals surface area contributed by atoms with Crippen molar-refractivity contribution in [1.29, 1.82) is 0 Å². The Balaban J connectivity index is 1.67. The number of amidine groups is 1. The summed E-state index contributed by atoms with van der Waals surface area (Å²) in [5.41, 5.74) is 4.37. The number of rotatable bonds is 4. The van der Waals surface area contributed by atoms with Crippen molar-refractivity contribution in [1.82, 2.24) is 0 Å². The molecule has 0 saturated carbocycles. The molecule has 2 heterocycles. The number of carbonyl (C=O) groups excluding carboxylic acids is 2. The predicted octanol–water partition coefficient (Wildman–Crippen LogP) is 4.91. The number of ether oxygens (including phenoxy) is 1. The summed E-state index contributed by atoms with van der Waals surface area (Å²) in [4.78, 5) is 31.4. The van der Waals surface area contributed by atoms with Crippen LogP contribution >= 0.6 is 11.8 Å². The molecule has 1 amide bonds. The number of hydrogen-bond acceptors (Lipinski definition) is 5. The van der Waals surface area contributed by atoms with Crippen LogP contribution < -0.4 is 4.90 Å². The van der Waals surface area contributed by atoms with E-state index < -0.39 is 0 Å². The van der Waals surface area contributed by atoms with Crippen molar-refractivity contribution in [2.24, 2.45) is 4.99 Å². The van der Waals surface area contributed by atoms with Crippen molar-refractivity contribution in [3.05, 3.63) is 70.9 Å². The molecule has 1 saturated heterocycles. The molecule has 2 aliphatic heterocycles. The molecule has 2 aliphatic rings. The maximum absolute atomic E-state index is 13.2. The van der Waals surface area contributed by atoms with E-state index in [9.17, 15) is 9.59 Å². The number of carbonyl (C=O) groups is 2. The van der Waals surface area contributed by atoms with Crippen LogP contribution in [0.3, 0.4) is 0 Å². The first-order valence-electron chi connectivity index (χ1n) is 10.1. The number of aryl methyl sites for hydroxylation is 1. The molecule has 1 atom stereocenters. The minimum Gasteiger partial charge on any atom is -0.465 e. The van der Waals surface area contributed by atoms with Gasteiger partial charge in [-0.05, 0) is 42.2 Å². The first-order valence-corrected chi connectivity index (χ1v) is 10.9. The van der Waals surface area contributed by atoms with E-state index in [2.05, 4.69) is 31.0 Å². The van der Waals surface area contributed by atoms with E-state index in [1.54, 1.807) is 11.0 Å². The van der Waals surface area contributed by atoms with Gasteiger partial charge in [0.2, 0.25) is 0 Å². The second kappa shape index (κ2) is 8.48. The Kier molecular flexibility index (Phi) is 5.77. The second-order valence-corrected chi connectivity index (χ2v) is 8.95. The van der Waals surface area contributed by atoms with Crippen molar-refractivity contribution < 1.29 is 14.3 Å². The van der Waals surface area contributed by atoms with Gasteiger partial charge in [-0.3, -0.25) is 14.5 Å². The average Bonchev–Trinajstić information content (AvgIpc) is 3.26. The Labute approximate surface area is 180 Å². The molecule has 0 aliphatic carbocycles. The molecular weight excluding hydrogens is 396 g/mol. The average molecular weight is 421 g/mol. The molecule has 30 heavy (non-hydrogen) atoms. The van der Waals surface area contributed by atoms with E-state index in [4.69, 9.17) is 4.74 Å². The third-order valence-corrected chi connectivity index (χ3v) is 6.36. The van der Waals surface area contributed by atoms with E-state index >= 15 is 0 Å². The van der Waals surface area contributed by atoms with E-state index in [1.807, 2.05) is 43.3 Å². The number of benzene rings is 2. The molecule has 4 rings (SSSR count). The Morgan fingerprint density at radius 1 is 1.10 bits per heavy atom. The largest absolute Gasteiger partial charge is 0.465 e. The molecule has 1 unspecified atom stereocenters. The molecule has 0 spiro atoms. The highest BCUT2D eigenvalue weighted by Gasteiger charge is 2.37. The van der Waals surface area contributed by atoms with Crippen LogP contribution in [0.5, 0.6) is 0 Å². The molecule has 2 aromatic carbocycles. The molecule has 0 bridgehead atoms. The summed E-state index contributed by atoms with van der Waals surface area (Å²) < 4.78 is 5.08. The molecule has 0 radical (unpaired) electrons. The number of cyclic esters (lactones) is 1. The Bertz CT molecular complexity index is 1020. The smallest absolute Gasteiger partial charge is 0.319 e. The van der Waals surface area contributed by atoms with Gasteiger partial charge in [-0.1, -0.05) is 67.6 Å². The first-order chi connectivity index (χ1) is 14.4. The van der Waals surface area contributed by atoms with Crippen LogP contribution in [0.2, 0.25) is 0 Å². The van der Waals surface area contributed by atoms with Crippen molar-refractivity contribution in [2.45, 2.75) is 38.4 Å². The third kappa shape index (κ3) is 4.19. The Morgan fingerprint density at radius 3 is 2.40 bits per heavy atom. The van der Waals surface area contributed by atoms with Gasteiger partial charge < -0.3 is 4.74 Å². The zero-order chi connectivity index (χ0) is 21.3. The van der Waals surface area contributed by atoms with Gasteiger partial charge in [0.1, 0.15) is 10.9 Å². The van der Waals surface area contributed by atoms with Crippen LogP contribution in [0.15, 0.2) is 59.2 Å². The van der Waals surface area contributed by atoms with Gasteiger partial charge in [0.25, 0.3) is 5.91 Å². The zero-order valence-corrected chi connectivity index (χ0v) is 18.1. The fourth-order valence-corrected chi connectivity index (χ4v) is 4.42. The van der Waals surface area contributed by atoms with Crippen LogP contribution in [-0.4, -0.2) is 28.9 Å². The predicted molar refractivity (Wildman–Crippen MR) is 122 cm³/mol. The Hall–Kier alpha value is -2.86. The fraction of sp³-hybridized carbons (Fsp3) is 0.292. The van der Waals surface area contributed by atoms with Gasteiger partial charge in [0.15, 0.2) is 5.17 Å². The van der Waals surface area contributed by atoms with E-state index in [1.165, 1.54) is 17.3 Å². The lowest BCUT2D eigenvalue weighted by molar-refractivity contribution is -0.137. The van der Waals surface area contributed by atoms with Gasteiger partial charge in [-0.2, -0.15) is 0 Å². The molecule has 0 N–H and O–H groups in total. The molecule has 6 heteroatoms. The molecule has 2 aromatic rings. The summed E-state index contributed by atoms with van der Waals surface area (Å²) >= 11 is 1.29. The van der Waals surface area contributed by atoms with Gasteiger partial charge >= 0.3 is 5.97 Å². The highest BCUT2D eigenvalue weighted by molar-refractivity contribution is 8.15. The summed E-state index contributed by atoms with van der Waals surface area (Å²) in [7, 11) is 0. The van der Waals surface area contributed by atoms with Gasteiger partial charge in [0.05, 0.1) is 12.3 Å². The van der Waals surface area contributed by atoms with Crippen LogP contribution in [0.1, 0.15) is 42.9 Å². The van der Waals surface area contributed by atoms with Crippen molar-refractivity contribution in [2.75, 3.05) is 11.5 Å². The maximum atomic E-state index is 13.2. The number of amides is 1. The summed E-state index contributed by atoms with van der Waals surface area (Å²) in [6.07, 6.45) is 2.42. The number of hydrogen-bond donors (Lipinski definition) is 0. The minimum absolute atomic E-state index is 0.194. The van der Waals surface area contributed by atoms with Crippen molar-refractivity contribution >= 4 is 40.6 Å². The first kappa shape index (κ1) is 20.4. The summed E-state index contributed by atoms with van der Waals surface area (Å²) in [5, 5.41) is 0.173. The summed E-state index contributed by atoms with van der Waals surface area (Å²) in [6.45, 7) is 6.71. The topological polar surface area (TPSA) is 59.0 Å². The maximum Gasteiger partial charge on any atom is 0.319 e. The second-order valence-electron chi connectivity index (χ2n) is 7.78. The van der Waals surface area contributed by atoms with Gasteiger partial charge in [-0.25, -0.2) is 4.99 Å². The summed E-state index contributed by atoms with van der Waals surface area (Å²) in [5.74, 6) is 0.00500. The summed E-state index contributed by atoms with van der Waals surface area (Å²) in [6, 6.07) is 15.9. The zero-order valence-electron chi connectivity index (χ0n) is 17.3. The molecule has 0 aromatic heterocycles. The van der Waals surface area contributed by atoms with Gasteiger partial charge in [0, 0.05) is 6.42 Å². The SMILES string of the molecule is Cc1ccc(N2C(=O)C(=Cc3ccc(C(C)C)cc3)N=C2SC2CCOC2=O)cc1. The van der Waals surface area contributed by atoms with Crippen molar-refractivity contribution in [3.8, 4) is 0 Å². The lowest BCUT2D eigenvalue weighted by atomic mass is 10.0. The molecule has 5 nitrogen and oxygen atoms in total. The molecule has 154 valence electrons. The normalized spacial score (nSPS) is 20.3. The number of nitrogens with zero attached hydrogens (tertiary/aromatic N) is 2. The minimum atomic E-state index is -0.339. The standard InChI is InChI=1S/C24H24N2O3S/c1-15(2)18-8-6-17(7-9-18)14-20-22(27)26(19-10-4-16(3)5-11-19)24(25-20)30-21-12-13-29-23(21)28/h4-11,14-15,21H,12-13H2,1-3H3. The van der Waals surface area contributed by atoms with Crippen LogP contribution in [0.4, 0.5) is 5.69 Å². The highest BCUT2D eigenvalue weighted by Crippen LogP contribution is 2.33. The lowest BCUT2D eigenvalue weighted by Gasteiger charge is -2.19. The number of thioether (sulfide) groups is 1. The highest BCUT2D eigenvalue weighted by atomic mass is 32.2. The number of aliphatic imine (C=N–C) groups is 1. The fourth-order valence-electron chi connectivity index (χ4n) is 3.34. The Morgan fingerprint density at radius 2 is 1.80 bits per heavy atom. The quantitative estimate of drug-likeness (QED) is 0.521. The van der Waals surface area contributed by atoms with Crippen LogP contribution in [0.25, 0.3) is 6.08 Å². The van der Waals surface area contributed by atoms with E-state index in [0.29, 0.717) is 29.8 Å². The molecule has 1 fully saturated rings. The van der Waals surface area contributed by atoms with Gasteiger partial charge in [-0.15, -0.1) is 0 Å². The van der Waals surface area contributed by atoms with Crippen molar-refractivity contribution in [3.63, 3.8) is 0 Å². The lowest BCUT2D eigenvalue weighted by Crippen LogP contribution is -2.32. The van der Waals surface area contributed by atoms with E-state index in [-0.39, 0.29) is 17.1 Å².